The fourth-order valence-electron chi connectivity index (χ4n) is 2.39. The first kappa shape index (κ1) is 19.0. The lowest BCUT2D eigenvalue weighted by atomic mass is 10.3. The van der Waals surface area contributed by atoms with Gasteiger partial charge in [0, 0.05) is 6.07 Å². The van der Waals surface area contributed by atoms with Gasteiger partial charge in [0.2, 0.25) is 5.56 Å². The molecule has 0 amide bonds. The summed E-state index contributed by atoms with van der Waals surface area (Å²) in [5, 5.41) is 0.591. The Morgan fingerprint density at radius 1 is 1.15 bits per heavy atom. The Bertz CT molecular complexity index is 1080. The van der Waals surface area contributed by atoms with E-state index in [1.54, 1.807) is 0 Å². The number of fused-ring (bicyclic) bond motifs is 1. The maximum absolute atomic E-state index is 12.9. The summed E-state index contributed by atoms with van der Waals surface area (Å²) in [5.41, 5.74) is -0.150. The van der Waals surface area contributed by atoms with E-state index in [1.807, 2.05) is 6.92 Å². The second-order valence-electron chi connectivity index (χ2n) is 5.45. The third kappa shape index (κ3) is 4.33. The summed E-state index contributed by atoms with van der Waals surface area (Å²) >= 11 is 1.30. The van der Waals surface area contributed by atoms with E-state index in [9.17, 15) is 22.8 Å². The van der Waals surface area contributed by atoms with Crippen LogP contribution in [0.15, 0.2) is 51.1 Å². The van der Waals surface area contributed by atoms with Crippen molar-refractivity contribution >= 4 is 22.8 Å². The number of thioether (sulfide) groups is 1. The molecule has 142 valence electrons. The average Bonchev–Trinajstić information content (AvgIpc) is 2.60. The van der Waals surface area contributed by atoms with Gasteiger partial charge in [0.05, 0.1) is 11.1 Å². The van der Waals surface area contributed by atoms with Crippen molar-refractivity contribution in [2.75, 3.05) is 12.4 Å². The molecule has 2 aromatic heterocycles. The highest BCUT2D eigenvalue weighted by Gasteiger charge is 2.28. The summed E-state index contributed by atoms with van der Waals surface area (Å²) in [6.45, 7) is 0.487. The first-order chi connectivity index (χ1) is 12.8. The van der Waals surface area contributed by atoms with Crippen LogP contribution in [0.4, 0.5) is 13.2 Å². The number of pyridine rings is 1. The van der Waals surface area contributed by atoms with Gasteiger partial charge in [-0.3, -0.25) is 14.2 Å². The van der Waals surface area contributed by atoms with E-state index in [-0.39, 0.29) is 22.3 Å². The lowest BCUT2D eigenvalue weighted by Gasteiger charge is -2.13. The molecular formula is C17H14F3N3O3S. The Morgan fingerprint density at radius 3 is 2.48 bits per heavy atom. The molecule has 0 aliphatic carbocycles. The lowest BCUT2D eigenvalue weighted by Crippen LogP contribution is -2.23. The van der Waals surface area contributed by atoms with E-state index in [2.05, 4.69) is 14.7 Å². The molecule has 6 nitrogen and oxygen atoms in total. The third-order valence-corrected chi connectivity index (χ3v) is 4.32. The van der Waals surface area contributed by atoms with Gasteiger partial charge in [-0.15, -0.1) is 0 Å². The molecule has 0 unspecified atom stereocenters. The van der Waals surface area contributed by atoms with Crippen LogP contribution in [0.25, 0.3) is 16.7 Å². The van der Waals surface area contributed by atoms with E-state index in [1.165, 1.54) is 52.7 Å². The van der Waals surface area contributed by atoms with Gasteiger partial charge in [0.1, 0.15) is 11.4 Å². The van der Waals surface area contributed by atoms with Crippen molar-refractivity contribution in [3.05, 3.63) is 57.1 Å². The van der Waals surface area contributed by atoms with Gasteiger partial charge < -0.3 is 9.72 Å². The van der Waals surface area contributed by atoms with E-state index >= 15 is 0 Å². The minimum Gasteiger partial charge on any atom is -0.484 e. The van der Waals surface area contributed by atoms with Crippen LogP contribution >= 0.6 is 11.8 Å². The fourth-order valence-corrected chi connectivity index (χ4v) is 3.12. The van der Waals surface area contributed by atoms with Crippen LogP contribution in [0.1, 0.15) is 6.92 Å². The number of alkyl halides is 3. The Labute approximate surface area is 155 Å². The van der Waals surface area contributed by atoms with Crippen LogP contribution in [-0.2, 0) is 0 Å². The van der Waals surface area contributed by atoms with Gasteiger partial charge in [-0.2, -0.15) is 13.2 Å². The van der Waals surface area contributed by atoms with Crippen molar-refractivity contribution in [3.63, 3.8) is 0 Å². The summed E-state index contributed by atoms with van der Waals surface area (Å²) in [4.78, 5) is 31.2. The first-order valence-corrected chi connectivity index (χ1v) is 8.86. The van der Waals surface area contributed by atoms with Crippen LogP contribution < -0.4 is 15.9 Å². The molecule has 0 saturated heterocycles. The van der Waals surface area contributed by atoms with Crippen molar-refractivity contribution in [3.8, 4) is 11.4 Å². The summed E-state index contributed by atoms with van der Waals surface area (Å²) in [6, 6.07) is 8.28. The van der Waals surface area contributed by atoms with Crippen LogP contribution in [0.3, 0.4) is 0 Å². The number of nitrogens with zero attached hydrogens (tertiary/aromatic N) is 2. The predicted octanol–water partition coefficient (Wildman–Crippen LogP) is 3.13. The number of ether oxygens (including phenoxy) is 1. The van der Waals surface area contributed by atoms with E-state index in [0.717, 1.165) is 0 Å². The fraction of sp³-hybridized carbons (Fsp3) is 0.235. The zero-order valence-electron chi connectivity index (χ0n) is 14.0. The molecule has 0 radical (unpaired) electrons. The quantitative estimate of drug-likeness (QED) is 0.529. The molecule has 0 bridgehead atoms. The topological polar surface area (TPSA) is 77.0 Å². The molecule has 0 atom stereocenters. The van der Waals surface area contributed by atoms with Gasteiger partial charge in [-0.05, 0) is 36.1 Å². The molecule has 1 aromatic carbocycles. The number of rotatable bonds is 5. The second kappa shape index (κ2) is 7.47. The molecule has 3 aromatic rings. The molecule has 0 aliphatic rings. The molecule has 10 heteroatoms. The predicted molar refractivity (Wildman–Crippen MR) is 95.9 cm³/mol. The lowest BCUT2D eigenvalue weighted by molar-refractivity contribution is -0.153. The number of H-pyrrole nitrogens is 1. The third-order valence-electron chi connectivity index (χ3n) is 3.50. The molecular weight excluding hydrogens is 383 g/mol. The Kier molecular flexibility index (Phi) is 5.26. The van der Waals surface area contributed by atoms with E-state index in [4.69, 9.17) is 0 Å². The summed E-state index contributed by atoms with van der Waals surface area (Å²) in [5.74, 6) is 0.661. The van der Waals surface area contributed by atoms with Crippen LogP contribution in [0.2, 0.25) is 0 Å². The van der Waals surface area contributed by atoms with Gasteiger partial charge >= 0.3 is 6.18 Å². The summed E-state index contributed by atoms with van der Waals surface area (Å²) < 4.78 is 42.8. The number of hydrogen-bond donors (Lipinski definition) is 1. The molecule has 2 heterocycles. The van der Waals surface area contributed by atoms with E-state index in [0.29, 0.717) is 16.6 Å². The minimum absolute atomic E-state index is 0.0342. The zero-order chi connectivity index (χ0) is 19.6. The smallest absolute Gasteiger partial charge is 0.422 e. The van der Waals surface area contributed by atoms with Crippen molar-refractivity contribution < 1.29 is 17.9 Å². The zero-order valence-corrected chi connectivity index (χ0v) is 14.9. The number of halogens is 3. The van der Waals surface area contributed by atoms with Crippen molar-refractivity contribution in [2.45, 2.75) is 18.3 Å². The number of aromatic nitrogens is 3. The van der Waals surface area contributed by atoms with Gasteiger partial charge in [-0.25, -0.2) is 4.98 Å². The SMILES string of the molecule is CCSc1nc2[nH]c(=O)ccc2c(=O)n1-c1ccc(OCC(F)(F)F)cc1. The number of nitrogens with one attached hydrogen (secondary N) is 1. The van der Waals surface area contributed by atoms with E-state index < -0.39 is 18.3 Å². The molecule has 0 fully saturated rings. The molecule has 0 spiro atoms. The number of hydrogen-bond acceptors (Lipinski definition) is 5. The monoisotopic (exact) mass is 397 g/mol. The van der Waals surface area contributed by atoms with Crippen molar-refractivity contribution in [1.29, 1.82) is 0 Å². The Morgan fingerprint density at radius 2 is 1.85 bits per heavy atom. The van der Waals surface area contributed by atoms with Crippen LogP contribution in [-0.4, -0.2) is 33.1 Å². The molecule has 27 heavy (non-hydrogen) atoms. The number of benzene rings is 1. The molecule has 0 aliphatic heterocycles. The van der Waals surface area contributed by atoms with Gasteiger partial charge in [0.15, 0.2) is 11.8 Å². The Balaban J connectivity index is 2.06. The van der Waals surface area contributed by atoms with Crippen molar-refractivity contribution in [2.24, 2.45) is 0 Å². The van der Waals surface area contributed by atoms with Gasteiger partial charge in [-0.1, -0.05) is 18.7 Å². The van der Waals surface area contributed by atoms with Crippen LogP contribution in [0.5, 0.6) is 5.75 Å². The van der Waals surface area contributed by atoms with Crippen LogP contribution in [0, 0.1) is 0 Å². The normalized spacial score (nSPS) is 11.7. The standard InChI is InChI=1S/C17H14F3N3O3S/c1-2-27-16-22-14-12(7-8-13(24)21-14)15(25)23(16)10-3-5-11(6-4-10)26-9-17(18,19)20/h3-8H,2,9H2,1H3,(H,21,24). The maximum Gasteiger partial charge on any atom is 0.422 e. The highest BCUT2D eigenvalue weighted by atomic mass is 32.2. The Hall–Kier alpha value is -2.75. The molecule has 0 saturated carbocycles. The summed E-state index contributed by atoms with van der Waals surface area (Å²) in [7, 11) is 0. The molecule has 1 N–H and O–H groups in total. The average molecular weight is 397 g/mol. The second-order valence-corrected chi connectivity index (χ2v) is 6.68. The highest BCUT2D eigenvalue weighted by molar-refractivity contribution is 7.99. The molecule has 3 rings (SSSR count). The minimum atomic E-state index is -4.43. The van der Waals surface area contributed by atoms with Crippen molar-refractivity contribution in [1.82, 2.24) is 14.5 Å². The number of aromatic amines is 1. The largest absolute Gasteiger partial charge is 0.484 e. The highest BCUT2D eigenvalue weighted by Crippen LogP contribution is 2.23. The van der Waals surface area contributed by atoms with Gasteiger partial charge in [0.25, 0.3) is 5.56 Å². The first-order valence-electron chi connectivity index (χ1n) is 7.87. The maximum atomic E-state index is 12.9. The summed E-state index contributed by atoms with van der Waals surface area (Å²) in [6.07, 6.45) is -4.43.